The molecule has 0 aromatic heterocycles. The van der Waals surface area contributed by atoms with Crippen LogP contribution in [0.2, 0.25) is 0 Å². The van der Waals surface area contributed by atoms with Crippen LogP contribution in [0, 0.1) is 17.8 Å². The Morgan fingerprint density at radius 2 is 1.93 bits per heavy atom. The maximum absolute atomic E-state index is 10.0. The van der Waals surface area contributed by atoms with Gasteiger partial charge in [-0.25, -0.2) is 0 Å². The van der Waals surface area contributed by atoms with Gasteiger partial charge >= 0.3 is 0 Å². The molecule has 2 aliphatic carbocycles. The van der Waals surface area contributed by atoms with Gasteiger partial charge in [-0.05, 0) is 50.4 Å². The second-order valence-corrected chi connectivity index (χ2v) is 5.25. The molecule has 0 radical (unpaired) electrons. The van der Waals surface area contributed by atoms with Gasteiger partial charge in [0.1, 0.15) is 0 Å². The highest BCUT2D eigenvalue weighted by molar-refractivity contribution is 5.03. The van der Waals surface area contributed by atoms with E-state index in [-0.39, 0.29) is 6.10 Å². The minimum atomic E-state index is -0.0419. The van der Waals surface area contributed by atoms with Crippen molar-refractivity contribution in [3.05, 3.63) is 12.2 Å². The van der Waals surface area contributed by atoms with Crippen molar-refractivity contribution in [3.63, 3.8) is 0 Å². The Labute approximate surface area is 87.2 Å². The molecule has 2 fully saturated rings. The molecule has 0 saturated heterocycles. The Hall–Kier alpha value is -0.300. The Morgan fingerprint density at radius 3 is 2.43 bits per heavy atom. The Morgan fingerprint density at radius 1 is 1.36 bits per heavy atom. The van der Waals surface area contributed by atoms with E-state index in [2.05, 4.69) is 6.58 Å². The first-order chi connectivity index (χ1) is 6.70. The van der Waals surface area contributed by atoms with E-state index in [1.807, 2.05) is 6.92 Å². The fraction of sp³-hybridized carbons (Fsp3) is 0.846. The second-order valence-electron chi connectivity index (χ2n) is 5.25. The molecule has 14 heavy (non-hydrogen) atoms. The minimum Gasteiger partial charge on any atom is -0.393 e. The first-order valence-corrected chi connectivity index (χ1v) is 6.02. The maximum Gasteiger partial charge on any atom is 0.0577 e. The molecule has 80 valence electrons. The molecule has 0 heterocycles. The van der Waals surface area contributed by atoms with Crippen LogP contribution in [0.1, 0.15) is 45.4 Å². The first kappa shape index (κ1) is 10.2. The van der Waals surface area contributed by atoms with Crippen molar-refractivity contribution in [2.24, 2.45) is 17.8 Å². The van der Waals surface area contributed by atoms with Crippen LogP contribution in [0.3, 0.4) is 0 Å². The molecule has 0 aliphatic heterocycles. The minimum absolute atomic E-state index is 0.0419. The smallest absolute Gasteiger partial charge is 0.0577 e. The van der Waals surface area contributed by atoms with Gasteiger partial charge in [0, 0.05) is 0 Å². The highest BCUT2D eigenvalue weighted by Gasteiger charge is 2.53. The highest BCUT2D eigenvalue weighted by atomic mass is 16.3. The van der Waals surface area contributed by atoms with Gasteiger partial charge in [-0.1, -0.05) is 18.4 Å². The molecule has 2 rings (SSSR count). The molecule has 0 spiro atoms. The quantitative estimate of drug-likeness (QED) is 0.682. The van der Waals surface area contributed by atoms with Crippen LogP contribution in [-0.2, 0) is 0 Å². The van der Waals surface area contributed by atoms with Gasteiger partial charge in [-0.3, -0.25) is 0 Å². The molecule has 0 amide bonds. The van der Waals surface area contributed by atoms with E-state index in [1.165, 1.54) is 31.3 Å². The van der Waals surface area contributed by atoms with Crippen molar-refractivity contribution in [3.8, 4) is 0 Å². The molecule has 2 aliphatic rings. The second kappa shape index (κ2) is 4.06. The average molecular weight is 194 g/mol. The Balaban J connectivity index is 1.76. The summed E-state index contributed by atoms with van der Waals surface area (Å²) in [7, 11) is 0. The van der Waals surface area contributed by atoms with Gasteiger partial charge < -0.3 is 5.11 Å². The summed E-state index contributed by atoms with van der Waals surface area (Å²) in [6.45, 7) is 5.93. The topological polar surface area (TPSA) is 20.2 Å². The molecule has 1 N–H and O–H groups in total. The van der Waals surface area contributed by atoms with Crippen LogP contribution in [0.15, 0.2) is 12.2 Å². The molecular weight excluding hydrogens is 172 g/mol. The van der Waals surface area contributed by atoms with Crippen LogP contribution < -0.4 is 0 Å². The number of hydrogen-bond donors (Lipinski definition) is 1. The molecule has 0 aromatic carbocycles. The summed E-state index contributed by atoms with van der Waals surface area (Å²) < 4.78 is 0. The summed E-state index contributed by atoms with van der Waals surface area (Å²) >= 11 is 0. The van der Waals surface area contributed by atoms with E-state index in [0.29, 0.717) is 5.92 Å². The van der Waals surface area contributed by atoms with Gasteiger partial charge in [-0.15, -0.1) is 6.58 Å². The predicted molar refractivity (Wildman–Crippen MR) is 59.0 cm³/mol. The maximum atomic E-state index is 10.0. The molecule has 3 unspecified atom stereocenters. The monoisotopic (exact) mass is 194 g/mol. The van der Waals surface area contributed by atoms with Gasteiger partial charge in [0.2, 0.25) is 0 Å². The number of aliphatic hydroxyl groups excluding tert-OH is 1. The van der Waals surface area contributed by atoms with Crippen molar-refractivity contribution in [2.75, 3.05) is 0 Å². The summed E-state index contributed by atoms with van der Waals surface area (Å²) in [4.78, 5) is 0. The van der Waals surface area contributed by atoms with E-state index >= 15 is 0 Å². The molecule has 2 saturated carbocycles. The summed E-state index contributed by atoms with van der Waals surface area (Å²) in [6, 6.07) is 0. The fourth-order valence-electron chi connectivity index (χ4n) is 3.21. The largest absolute Gasteiger partial charge is 0.393 e. The summed E-state index contributed by atoms with van der Waals surface area (Å²) in [5.74, 6) is 2.41. The van der Waals surface area contributed by atoms with Crippen molar-refractivity contribution in [1.82, 2.24) is 0 Å². The number of rotatable bonds is 4. The fourth-order valence-corrected chi connectivity index (χ4v) is 3.21. The van der Waals surface area contributed by atoms with E-state index in [4.69, 9.17) is 0 Å². The third-order valence-electron chi connectivity index (χ3n) is 4.03. The van der Waals surface area contributed by atoms with Crippen LogP contribution in [0.5, 0.6) is 0 Å². The zero-order chi connectivity index (χ0) is 10.1. The van der Waals surface area contributed by atoms with E-state index in [0.717, 1.165) is 24.7 Å². The predicted octanol–water partition coefficient (Wildman–Crippen LogP) is 3.14. The van der Waals surface area contributed by atoms with Gasteiger partial charge in [0.05, 0.1) is 6.10 Å². The van der Waals surface area contributed by atoms with Gasteiger partial charge in [0.25, 0.3) is 0 Å². The van der Waals surface area contributed by atoms with Crippen molar-refractivity contribution in [1.29, 1.82) is 0 Å². The SMILES string of the molecule is C=C(C)CCC(O)C1C2CCCCC21. The molecule has 3 atom stereocenters. The van der Waals surface area contributed by atoms with Gasteiger partial charge in [-0.2, -0.15) is 0 Å². The lowest BCUT2D eigenvalue weighted by atomic mass is 10.0. The van der Waals surface area contributed by atoms with E-state index in [9.17, 15) is 5.11 Å². The van der Waals surface area contributed by atoms with Crippen LogP contribution in [-0.4, -0.2) is 11.2 Å². The lowest BCUT2D eigenvalue weighted by Gasteiger charge is -2.09. The summed E-state index contributed by atoms with van der Waals surface area (Å²) in [6.07, 6.45) is 7.43. The average Bonchev–Trinajstić information content (AvgIpc) is 2.88. The van der Waals surface area contributed by atoms with Crippen LogP contribution >= 0.6 is 0 Å². The van der Waals surface area contributed by atoms with Crippen molar-refractivity contribution in [2.45, 2.75) is 51.6 Å². The summed E-state index contributed by atoms with van der Waals surface area (Å²) in [5, 5.41) is 10.0. The van der Waals surface area contributed by atoms with Crippen molar-refractivity contribution < 1.29 is 5.11 Å². The molecule has 0 aromatic rings. The van der Waals surface area contributed by atoms with Gasteiger partial charge in [0.15, 0.2) is 0 Å². The van der Waals surface area contributed by atoms with Crippen LogP contribution in [0.25, 0.3) is 0 Å². The molecule has 0 bridgehead atoms. The molecule has 1 heteroatoms. The lowest BCUT2D eigenvalue weighted by Crippen LogP contribution is -2.11. The van der Waals surface area contributed by atoms with E-state index < -0.39 is 0 Å². The number of hydrogen-bond acceptors (Lipinski definition) is 1. The zero-order valence-electron chi connectivity index (χ0n) is 9.21. The van der Waals surface area contributed by atoms with Crippen LogP contribution in [0.4, 0.5) is 0 Å². The standard InChI is InChI=1S/C13H22O/c1-9(2)7-8-12(14)13-10-5-3-4-6-11(10)13/h10-14H,1,3-8H2,2H3. The van der Waals surface area contributed by atoms with Crippen molar-refractivity contribution >= 4 is 0 Å². The molecular formula is C13H22O. The third kappa shape index (κ3) is 2.03. The number of aliphatic hydroxyl groups is 1. The van der Waals surface area contributed by atoms with E-state index in [1.54, 1.807) is 0 Å². The summed E-state index contributed by atoms with van der Waals surface area (Å²) in [5.41, 5.74) is 1.20. The number of fused-ring (bicyclic) bond motifs is 1. The highest BCUT2D eigenvalue weighted by Crippen LogP contribution is 2.57. The lowest BCUT2D eigenvalue weighted by molar-refractivity contribution is 0.131. The first-order valence-electron chi connectivity index (χ1n) is 6.02. The number of allylic oxidation sites excluding steroid dienone is 1. The molecule has 1 nitrogen and oxygen atoms in total. The normalized spacial score (nSPS) is 37.4. The Kier molecular flexibility index (Phi) is 2.96. The zero-order valence-corrected chi connectivity index (χ0v) is 9.21. The Bertz CT molecular complexity index is 209. The third-order valence-corrected chi connectivity index (χ3v) is 4.03.